The van der Waals surface area contributed by atoms with Gasteiger partial charge in [-0.3, -0.25) is 4.68 Å². The number of aromatic nitrogens is 5. The number of aryl methyl sites for hydroxylation is 2. The second kappa shape index (κ2) is 9.13. The van der Waals surface area contributed by atoms with Crippen molar-refractivity contribution in [3.8, 4) is 11.3 Å². The van der Waals surface area contributed by atoms with Gasteiger partial charge in [-0.25, -0.2) is 14.8 Å². The molecule has 10 heteroatoms. The number of amides is 2. The van der Waals surface area contributed by atoms with Crippen molar-refractivity contribution in [1.82, 2.24) is 34.9 Å². The van der Waals surface area contributed by atoms with Crippen LogP contribution in [0, 0.1) is 6.92 Å². The molecule has 2 N–H and O–H groups in total. The fourth-order valence-corrected chi connectivity index (χ4v) is 5.12. The number of urea groups is 1. The predicted octanol–water partition coefficient (Wildman–Crippen LogP) is 4.69. The Balaban J connectivity index is 1.34. The molecule has 0 radical (unpaired) electrons. The van der Waals surface area contributed by atoms with Crippen LogP contribution in [-0.2, 0) is 7.05 Å². The summed E-state index contributed by atoms with van der Waals surface area (Å²) in [6.45, 7) is 10.1. The Morgan fingerprint density at radius 2 is 1.94 bits per heavy atom. The number of carbonyl (C=O) groups is 1. The van der Waals surface area contributed by atoms with Crippen LogP contribution < -0.4 is 10.2 Å². The molecule has 36 heavy (non-hydrogen) atoms. The van der Waals surface area contributed by atoms with Gasteiger partial charge >= 0.3 is 6.03 Å². The second-order valence-corrected chi connectivity index (χ2v) is 10.5. The van der Waals surface area contributed by atoms with E-state index in [1.165, 1.54) is 0 Å². The minimum absolute atomic E-state index is 0.0779. The van der Waals surface area contributed by atoms with Gasteiger partial charge in [0.15, 0.2) is 0 Å². The Bertz CT molecular complexity index is 1410. The average Bonchev–Trinajstić information content (AvgIpc) is 3.40. The van der Waals surface area contributed by atoms with Crippen LogP contribution in [0.4, 0.5) is 10.6 Å². The summed E-state index contributed by atoms with van der Waals surface area (Å²) < 4.78 is 1.81. The van der Waals surface area contributed by atoms with E-state index in [-0.39, 0.29) is 12.1 Å². The normalized spacial score (nSPS) is 16.4. The van der Waals surface area contributed by atoms with Gasteiger partial charge in [0.25, 0.3) is 0 Å². The third kappa shape index (κ3) is 4.51. The van der Waals surface area contributed by atoms with E-state index in [1.54, 1.807) is 6.33 Å². The van der Waals surface area contributed by atoms with E-state index >= 15 is 0 Å². The molecule has 3 aromatic heterocycles. The topological polar surface area (TPSA) is 95.0 Å². The van der Waals surface area contributed by atoms with Gasteiger partial charge in [0, 0.05) is 43.5 Å². The number of fused-ring (bicyclic) bond motifs is 1. The van der Waals surface area contributed by atoms with Crippen molar-refractivity contribution in [1.29, 1.82) is 0 Å². The van der Waals surface area contributed by atoms with Crippen LogP contribution in [0.3, 0.4) is 0 Å². The summed E-state index contributed by atoms with van der Waals surface area (Å²) in [4.78, 5) is 29.9. The highest BCUT2D eigenvalue weighted by molar-refractivity contribution is 6.30. The molecule has 1 atom stereocenters. The molecule has 5 rings (SSSR count). The third-order valence-electron chi connectivity index (χ3n) is 6.86. The van der Waals surface area contributed by atoms with Crippen molar-refractivity contribution < 1.29 is 4.79 Å². The monoisotopic (exact) mass is 506 g/mol. The second-order valence-electron chi connectivity index (χ2n) is 10.1. The number of piperazine rings is 1. The SMILES string of the molecule is Cc1nn(C)cc1-c1cc2c(N3CCN(C(=O)N[C@@H](C)c4ccc(Cl)cc4)C(C)(C)C3)ncnc2[nH]1. The lowest BCUT2D eigenvalue weighted by molar-refractivity contribution is 0.121. The van der Waals surface area contributed by atoms with Gasteiger partial charge < -0.3 is 20.1 Å². The number of carbonyl (C=O) groups excluding carboxylic acids is 1. The molecule has 4 heterocycles. The molecule has 0 aliphatic carbocycles. The molecule has 1 aliphatic rings. The average molecular weight is 507 g/mol. The molecular weight excluding hydrogens is 476 g/mol. The Hall–Kier alpha value is -3.59. The molecule has 1 fully saturated rings. The van der Waals surface area contributed by atoms with Crippen LogP contribution in [0.1, 0.15) is 38.1 Å². The minimum Gasteiger partial charge on any atom is -0.352 e. The number of halogens is 1. The van der Waals surface area contributed by atoms with E-state index in [2.05, 4.69) is 50.2 Å². The number of H-pyrrole nitrogens is 1. The predicted molar refractivity (Wildman–Crippen MR) is 142 cm³/mol. The lowest BCUT2D eigenvalue weighted by atomic mass is 9.98. The highest BCUT2D eigenvalue weighted by Gasteiger charge is 2.38. The molecule has 1 aromatic carbocycles. The molecule has 2 amide bonds. The fourth-order valence-electron chi connectivity index (χ4n) is 5.00. The van der Waals surface area contributed by atoms with Crippen LogP contribution in [0.15, 0.2) is 42.9 Å². The first-order chi connectivity index (χ1) is 17.1. The molecule has 9 nitrogen and oxygen atoms in total. The first-order valence-corrected chi connectivity index (χ1v) is 12.4. The van der Waals surface area contributed by atoms with E-state index in [0.29, 0.717) is 24.7 Å². The molecule has 1 saturated heterocycles. The van der Waals surface area contributed by atoms with Gasteiger partial charge in [-0.1, -0.05) is 23.7 Å². The summed E-state index contributed by atoms with van der Waals surface area (Å²) in [6, 6.07) is 9.45. The van der Waals surface area contributed by atoms with Gasteiger partial charge in [0.2, 0.25) is 0 Å². The third-order valence-corrected chi connectivity index (χ3v) is 7.12. The minimum atomic E-state index is -0.404. The smallest absolute Gasteiger partial charge is 0.318 e. The lowest BCUT2D eigenvalue weighted by Crippen LogP contribution is -2.63. The van der Waals surface area contributed by atoms with Crippen molar-refractivity contribution >= 4 is 34.5 Å². The van der Waals surface area contributed by atoms with Crippen LogP contribution in [-0.4, -0.2) is 60.8 Å². The van der Waals surface area contributed by atoms with E-state index in [1.807, 2.05) is 60.9 Å². The van der Waals surface area contributed by atoms with Gasteiger partial charge in [-0.2, -0.15) is 5.10 Å². The van der Waals surface area contributed by atoms with Crippen LogP contribution in [0.2, 0.25) is 5.02 Å². The van der Waals surface area contributed by atoms with Crippen molar-refractivity contribution in [2.45, 2.75) is 39.3 Å². The maximum absolute atomic E-state index is 13.2. The first kappa shape index (κ1) is 24.1. The molecule has 4 aromatic rings. The van der Waals surface area contributed by atoms with E-state index in [0.717, 1.165) is 39.4 Å². The Morgan fingerprint density at radius 1 is 1.19 bits per heavy atom. The molecule has 1 aliphatic heterocycles. The van der Waals surface area contributed by atoms with E-state index in [4.69, 9.17) is 11.6 Å². The summed E-state index contributed by atoms with van der Waals surface area (Å²) >= 11 is 6.01. The summed E-state index contributed by atoms with van der Waals surface area (Å²) in [5, 5.41) is 9.24. The van der Waals surface area contributed by atoms with Gasteiger partial charge in [0.1, 0.15) is 17.8 Å². The van der Waals surface area contributed by atoms with Crippen LogP contribution in [0.25, 0.3) is 22.3 Å². The standard InChI is InChI=1S/C26H31ClN8O/c1-16(18-6-8-19(27)9-7-18)30-25(36)35-11-10-34(14-26(35,3)4)24-20-12-22(31-23(20)28-15-29-24)21-13-33(5)32-17(21)2/h6-9,12-13,15-16H,10-11,14H2,1-5H3,(H,30,36)(H,28,29,31)/t16-/m0/s1. The van der Waals surface area contributed by atoms with Crippen LogP contribution >= 0.6 is 11.6 Å². The van der Waals surface area contributed by atoms with Crippen molar-refractivity contribution in [3.63, 3.8) is 0 Å². The Morgan fingerprint density at radius 3 is 2.61 bits per heavy atom. The number of nitrogens with zero attached hydrogens (tertiary/aromatic N) is 6. The zero-order valence-electron chi connectivity index (χ0n) is 21.2. The molecule has 0 unspecified atom stereocenters. The maximum Gasteiger partial charge on any atom is 0.318 e. The zero-order valence-corrected chi connectivity index (χ0v) is 22.0. The Kier molecular flexibility index (Phi) is 6.12. The van der Waals surface area contributed by atoms with Crippen molar-refractivity contribution in [3.05, 3.63) is 59.1 Å². The highest BCUT2D eigenvalue weighted by atomic mass is 35.5. The molecular formula is C26H31ClN8O. The highest BCUT2D eigenvalue weighted by Crippen LogP contribution is 2.32. The first-order valence-electron chi connectivity index (χ1n) is 12.1. The quantitative estimate of drug-likeness (QED) is 0.418. The van der Waals surface area contributed by atoms with E-state index in [9.17, 15) is 4.79 Å². The van der Waals surface area contributed by atoms with Gasteiger partial charge in [-0.15, -0.1) is 0 Å². The number of benzene rings is 1. The summed E-state index contributed by atoms with van der Waals surface area (Å²) in [5.74, 6) is 0.867. The fraction of sp³-hybridized carbons (Fsp3) is 0.385. The number of rotatable bonds is 4. The number of nitrogens with one attached hydrogen (secondary N) is 2. The Labute approximate surface area is 215 Å². The summed E-state index contributed by atoms with van der Waals surface area (Å²) in [6.07, 6.45) is 3.59. The summed E-state index contributed by atoms with van der Waals surface area (Å²) in [7, 11) is 1.91. The largest absolute Gasteiger partial charge is 0.352 e. The van der Waals surface area contributed by atoms with Crippen LogP contribution in [0.5, 0.6) is 0 Å². The van der Waals surface area contributed by atoms with Crippen molar-refractivity contribution in [2.24, 2.45) is 7.05 Å². The lowest BCUT2D eigenvalue weighted by Gasteiger charge is -2.47. The molecule has 0 spiro atoms. The number of anilines is 1. The number of hydrogen-bond donors (Lipinski definition) is 2. The number of aromatic amines is 1. The molecule has 0 saturated carbocycles. The zero-order chi connectivity index (χ0) is 25.6. The summed E-state index contributed by atoms with van der Waals surface area (Å²) in [5.41, 5.74) is 4.35. The van der Waals surface area contributed by atoms with Crippen molar-refractivity contribution in [2.75, 3.05) is 24.5 Å². The number of hydrogen-bond acceptors (Lipinski definition) is 5. The van der Waals surface area contributed by atoms with E-state index < -0.39 is 5.54 Å². The molecule has 0 bridgehead atoms. The maximum atomic E-state index is 13.2. The van der Waals surface area contributed by atoms with Gasteiger partial charge in [-0.05, 0) is 51.5 Å². The van der Waals surface area contributed by atoms with Gasteiger partial charge in [0.05, 0.1) is 28.4 Å². The molecule has 188 valence electrons.